The number of nitrogens with zero attached hydrogens (tertiary/aromatic N) is 1. The lowest BCUT2D eigenvalue weighted by Crippen LogP contribution is -2.51. The molecule has 6 heteroatoms. The van der Waals surface area contributed by atoms with E-state index in [1.54, 1.807) is 6.92 Å². The number of hydrogen-bond acceptors (Lipinski definition) is 4. The van der Waals surface area contributed by atoms with Crippen LogP contribution in [0.4, 0.5) is 4.79 Å². The highest BCUT2D eigenvalue weighted by Gasteiger charge is 2.30. The summed E-state index contributed by atoms with van der Waals surface area (Å²) in [6.45, 7) is 10.3. The number of hydrogen-bond donors (Lipinski definition) is 1. The lowest BCUT2D eigenvalue weighted by molar-refractivity contribution is -0.135. The minimum atomic E-state index is -0.536. The van der Waals surface area contributed by atoms with Crippen molar-refractivity contribution in [3.8, 4) is 0 Å². The number of carbonyl (C=O) groups is 3. The van der Waals surface area contributed by atoms with Gasteiger partial charge in [-0.2, -0.15) is 0 Å². The summed E-state index contributed by atoms with van der Waals surface area (Å²) in [6, 6.07) is -0.00824. The number of Topliss-reactive ketones (excluding diaryl/α,β-unsaturated/α-hetero) is 1. The van der Waals surface area contributed by atoms with Crippen LogP contribution in [0.3, 0.4) is 0 Å². The van der Waals surface area contributed by atoms with E-state index in [9.17, 15) is 14.4 Å². The Bertz CT molecular complexity index is 456. The molecular weight excluding hydrogens is 308 g/mol. The van der Waals surface area contributed by atoms with E-state index in [0.29, 0.717) is 38.3 Å². The monoisotopic (exact) mass is 340 g/mol. The van der Waals surface area contributed by atoms with Crippen molar-refractivity contribution in [2.45, 2.75) is 78.4 Å². The first-order valence-electron chi connectivity index (χ1n) is 8.84. The molecule has 1 saturated heterocycles. The zero-order valence-corrected chi connectivity index (χ0v) is 15.7. The second-order valence-corrected chi connectivity index (χ2v) is 7.81. The Balaban J connectivity index is 2.54. The first kappa shape index (κ1) is 20.5. The maximum atomic E-state index is 12.4. The molecule has 1 N–H and O–H groups in total. The van der Waals surface area contributed by atoms with Gasteiger partial charge in [-0.15, -0.1) is 0 Å². The fourth-order valence-corrected chi connectivity index (χ4v) is 2.92. The number of amides is 2. The molecule has 0 aromatic rings. The van der Waals surface area contributed by atoms with Crippen LogP contribution in [0.1, 0.15) is 66.7 Å². The Hall–Kier alpha value is -1.59. The van der Waals surface area contributed by atoms with E-state index in [-0.39, 0.29) is 17.7 Å². The number of likely N-dealkylation sites (tertiary alicyclic amines) is 1. The Kier molecular flexibility index (Phi) is 7.70. The van der Waals surface area contributed by atoms with Gasteiger partial charge in [-0.3, -0.25) is 4.79 Å². The average Bonchev–Trinajstić information content (AvgIpc) is 2.42. The smallest absolute Gasteiger partial charge is 0.407 e. The van der Waals surface area contributed by atoms with Crippen LogP contribution < -0.4 is 5.32 Å². The van der Waals surface area contributed by atoms with Gasteiger partial charge in [-0.05, 0) is 52.9 Å². The van der Waals surface area contributed by atoms with Gasteiger partial charge >= 0.3 is 6.09 Å². The van der Waals surface area contributed by atoms with E-state index in [1.165, 1.54) is 0 Å². The van der Waals surface area contributed by atoms with E-state index in [2.05, 4.69) is 12.2 Å². The fourth-order valence-electron chi connectivity index (χ4n) is 2.92. The predicted octanol–water partition coefficient (Wildman–Crippen LogP) is 2.90. The number of alkyl carbamates (subject to hydrolysis) is 1. The molecule has 0 bridgehead atoms. The maximum Gasteiger partial charge on any atom is 0.407 e. The summed E-state index contributed by atoms with van der Waals surface area (Å²) >= 11 is 0. The third-order valence-electron chi connectivity index (χ3n) is 4.10. The molecule has 0 radical (unpaired) electrons. The van der Waals surface area contributed by atoms with Crippen LogP contribution in [0.2, 0.25) is 0 Å². The first-order chi connectivity index (χ1) is 11.1. The Morgan fingerprint density at radius 3 is 2.46 bits per heavy atom. The molecule has 0 aromatic heterocycles. The van der Waals surface area contributed by atoms with E-state index in [1.807, 2.05) is 25.7 Å². The van der Waals surface area contributed by atoms with Crippen molar-refractivity contribution in [1.29, 1.82) is 0 Å². The molecule has 138 valence electrons. The minimum Gasteiger partial charge on any atom is -0.444 e. The van der Waals surface area contributed by atoms with Crippen LogP contribution in [0.25, 0.3) is 0 Å². The van der Waals surface area contributed by atoms with E-state index in [0.717, 1.165) is 12.8 Å². The number of rotatable bonds is 6. The van der Waals surface area contributed by atoms with E-state index < -0.39 is 11.7 Å². The maximum absolute atomic E-state index is 12.4. The molecule has 1 heterocycles. The Morgan fingerprint density at radius 1 is 1.21 bits per heavy atom. The lowest BCUT2D eigenvalue weighted by atomic mass is 9.92. The second-order valence-electron chi connectivity index (χ2n) is 7.81. The number of piperidine rings is 1. The normalized spacial score (nSPS) is 21.3. The number of nitrogens with one attached hydrogen (secondary N) is 1. The summed E-state index contributed by atoms with van der Waals surface area (Å²) in [5.41, 5.74) is -0.536. The molecule has 0 spiro atoms. The van der Waals surface area contributed by atoms with Gasteiger partial charge < -0.3 is 19.7 Å². The van der Waals surface area contributed by atoms with Crippen LogP contribution in [-0.4, -0.2) is 47.4 Å². The average molecular weight is 340 g/mol. The van der Waals surface area contributed by atoms with Crippen LogP contribution in [0.5, 0.6) is 0 Å². The molecule has 1 rings (SSSR count). The van der Waals surface area contributed by atoms with Gasteiger partial charge in [0.1, 0.15) is 11.4 Å². The highest BCUT2D eigenvalue weighted by molar-refractivity contribution is 5.79. The molecule has 1 aliphatic heterocycles. The standard InChI is InChI=1S/C18H32N2O4/c1-13-9-10-20(16(22)8-6-7-14(2)21)15(11-13)12-19-17(23)24-18(3,4)5/h13,15H,6-12H2,1-5H3,(H,19,23)/t13-,15+/m1/s1. The quantitative estimate of drug-likeness (QED) is 0.806. The van der Waals surface area contributed by atoms with Crippen LogP contribution >= 0.6 is 0 Å². The molecule has 0 aliphatic carbocycles. The first-order valence-corrected chi connectivity index (χ1v) is 8.84. The van der Waals surface area contributed by atoms with Crippen LogP contribution in [-0.2, 0) is 14.3 Å². The van der Waals surface area contributed by atoms with Crippen molar-refractivity contribution in [3.63, 3.8) is 0 Å². The molecule has 0 aromatic carbocycles. The molecule has 2 atom stereocenters. The minimum absolute atomic E-state index is 0.00824. The summed E-state index contributed by atoms with van der Waals surface area (Å²) in [6.07, 6.45) is 2.81. The van der Waals surface area contributed by atoms with Gasteiger partial charge in [-0.25, -0.2) is 4.79 Å². The van der Waals surface area contributed by atoms with Crippen molar-refractivity contribution < 1.29 is 19.1 Å². The SMILES string of the molecule is CC(=O)CCCC(=O)N1CC[C@@H](C)C[C@H]1CNC(=O)OC(C)(C)C. The molecule has 1 fully saturated rings. The van der Waals surface area contributed by atoms with Crippen molar-refractivity contribution in [1.82, 2.24) is 10.2 Å². The highest BCUT2D eigenvalue weighted by atomic mass is 16.6. The Morgan fingerprint density at radius 2 is 1.88 bits per heavy atom. The third-order valence-corrected chi connectivity index (χ3v) is 4.10. The van der Waals surface area contributed by atoms with Crippen molar-refractivity contribution >= 4 is 17.8 Å². The predicted molar refractivity (Wildman–Crippen MR) is 92.7 cm³/mol. The van der Waals surface area contributed by atoms with E-state index >= 15 is 0 Å². The van der Waals surface area contributed by atoms with Crippen LogP contribution in [0.15, 0.2) is 0 Å². The number of ether oxygens (including phenoxy) is 1. The van der Waals surface area contributed by atoms with Gasteiger partial charge in [0.05, 0.1) is 0 Å². The topological polar surface area (TPSA) is 75.7 Å². The van der Waals surface area contributed by atoms with Crippen molar-refractivity contribution in [2.24, 2.45) is 5.92 Å². The van der Waals surface area contributed by atoms with E-state index in [4.69, 9.17) is 4.74 Å². The molecule has 24 heavy (non-hydrogen) atoms. The molecular formula is C18H32N2O4. The van der Waals surface area contributed by atoms with Crippen molar-refractivity contribution in [2.75, 3.05) is 13.1 Å². The van der Waals surface area contributed by atoms with Crippen molar-refractivity contribution in [3.05, 3.63) is 0 Å². The summed E-state index contributed by atoms with van der Waals surface area (Å²) < 4.78 is 5.25. The zero-order chi connectivity index (χ0) is 18.3. The lowest BCUT2D eigenvalue weighted by Gasteiger charge is -2.39. The largest absolute Gasteiger partial charge is 0.444 e. The fraction of sp³-hybridized carbons (Fsp3) is 0.833. The second kappa shape index (κ2) is 9.04. The van der Waals surface area contributed by atoms with Gasteiger partial charge in [-0.1, -0.05) is 6.92 Å². The summed E-state index contributed by atoms with van der Waals surface area (Å²) in [7, 11) is 0. The number of ketones is 1. The van der Waals surface area contributed by atoms with Gasteiger partial charge in [0.2, 0.25) is 5.91 Å². The molecule has 0 saturated carbocycles. The zero-order valence-electron chi connectivity index (χ0n) is 15.7. The van der Waals surface area contributed by atoms with Crippen LogP contribution in [0, 0.1) is 5.92 Å². The van der Waals surface area contributed by atoms with Gasteiger partial charge in [0, 0.05) is 32.0 Å². The summed E-state index contributed by atoms with van der Waals surface area (Å²) in [4.78, 5) is 37.1. The molecule has 0 unspecified atom stereocenters. The highest BCUT2D eigenvalue weighted by Crippen LogP contribution is 2.23. The molecule has 1 aliphatic rings. The summed E-state index contributed by atoms with van der Waals surface area (Å²) in [5, 5.41) is 2.78. The summed E-state index contributed by atoms with van der Waals surface area (Å²) in [5.74, 6) is 0.703. The third kappa shape index (κ3) is 7.79. The number of carbonyl (C=O) groups excluding carboxylic acids is 3. The molecule has 6 nitrogen and oxygen atoms in total. The Labute approximate surface area is 145 Å². The molecule has 2 amide bonds. The van der Waals surface area contributed by atoms with Gasteiger partial charge in [0.25, 0.3) is 0 Å². The van der Waals surface area contributed by atoms with Gasteiger partial charge in [0.15, 0.2) is 0 Å².